The smallest absolute Gasteiger partial charge is 0.319 e. The Bertz CT molecular complexity index is 551. The summed E-state index contributed by atoms with van der Waals surface area (Å²) in [5, 5.41) is 16.8. The van der Waals surface area contributed by atoms with E-state index in [0.29, 0.717) is 0 Å². The molecular weight excluding hydrogens is 521 g/mol. The maximum absolute atomic E-state index is 12.1. The Kier molecular flexibility index (Phi) is 24.7. The molecule has 32 heavy (non-hydrogen) atoms. The van der Waals surface area contributed by atoms with Crippen LogP contribution in [0, 0.1) is 5.92 Å². The van der Waals surface area contributed by atoms with Crippen LogP contribution in [0.15, 0.2) is 0 Å². The molecule has 3 atom stereocenters. The maximum Gasteiger partial charge on any atom is 0.319 e. The Morgan fingerprint density at radius 3 is 1.38 bits per heavy atom. The quantitative estimate of drug-likeness (QED) is 0.253. The molecule has 0 saturated carbocycles. The fourth-order valence-electron chi connectivity index (χ4n) is 1.50. The van der Waals surface area contributed by atoms with Gasteiger partial charge < -0.3 is 19.7 Å². The first kappa shape index (κ1) is 38.3. The van der Waals surface area contributed by atoms with Gasteiger partial charge in [0.1, 0.15) is 36.1 Å². The number of ether oxygens (including phenoxy) is 2. The molecule has 0 aliphatic heterocycles. The summed E-state index contributed by atoms with van der Waals surface area (Å²) in [7, 11) is 0. The molecule has 0 spiro atoms. The molecule has 0 amide bonds. The molecule has 0 bridgehead atoms. The normalized spacial score (nSPS) is 13.0. The molecule has 0 aliphatic carbocycles. The number of hydrogen-bond donors (Lipinski definition) is 2. The molecule has 0 aliphatic rings. The minimum atomic E-state index is -3.15. The number of aliphatic hydroxyl groups excluding tert-OH is 2. The van der Waals surface area contributed by atoms with Crippen LogP contribution in [0.1, 0.15) is 54.9 Å². The van der Waals surface area contributed by atoms with Gasteiger partial charge in [0.2, 0.25) is 0 Å². The number of alkyl halides is 4. The van der Waals surface area contributed by atoms with Crippen LogP contribution in [0.2, 0.25) is 0 Å². The second kappa shape index (κ2) is 20.6. The van der Waals surface area contributed by atoms with Gasteiger partial charge in [-0.1, -0.05) is 0 Å². The van der Waals surface area contributed by atoms with E-state index in [-0.39, 0.29) is 51.0 Å². The van der Waals surface area contributed by atoms with Gasteiger partial charge in [-0.2, -0.15) is 0 Å². The van der Waals surface area contributed by atoms with E-state index in [1.54, 1.807) is 13.8 Å². The van der Waals surface area contributed by atoms with Crippen molar-refractivity contribution in [3.8, 4) is 0 Å². The third kappa shape index (κ3) is 23.7. The summed E-state index contributed by atoms with van der Waals surface area (Å²) in [6, 6.07) is 0. The zero-order chi connectivity index (χ0) is 25.5. The monoisotopic (exact) mass is 553 g/mol. The predicted octanol–water partition coefficient (Wildman–Crippen LogP) is 2.32. The summed E-state index contributed by atoms with van der Waals surface area (Å²) in [6.07, 6.45) is -10.3. The summed E-state index contributed by atoms with van der Waals surface area (Å²) in [5.41, 5.74) is 0. The minimum absolute atomic E-state index is 0. The molecule has 2 N–H and O–H groups in total. The van der Waals surface area contributed by atoms with Crippen molar-refractivity contribution in [2.75, 3.05) is 0 Å². The SMILES string of the molecule is CC(=O)C(C(=O)OC(C)C)C(O)C(F)F.CC(=O)CC(=O)OC(C)C.CC(O)C(F)F.[Y]. The number of rotatable bonds is 9. The van der Waals surface area contributed by atoms with E-state index in [9.17, 15) is 36.7 Å². The van der Waals surface area contributed by atoms with Crippen molar-refractivity contribution in [3.63, 3.8) is 0 Å². The van der Waals surface area contributed by atoms with Crippen molar-refractivity contribution in [3.05, 3.63) is 0 Å². The fourth-order valence-corrected chi connectivity index (χ4v) is 1.50. The zero-order valence-corrected chi connectivity index (χ0v) is 22.0. The molecule has 0 aromatic heterocycles. The van der Waals surface area contributed by atoms with E-state index in [1.807, 2.05) is 0 Å². The number of esters is 2. The van der Waals surface area contributed by atoms with E-state index in [4.69, 9.17) is 14.9 Å². The topological polar surface area (TPSA) is 127 Å². The first-order valence-corrected chi connectivity index (χ1v) is 9.26. The third-order valence-corrected chi connectivity index (χ3v) is 2.77. The van der Waals surface area contributed by atoms with Crippen LogP contribution in [0.3, 0.4) is 0 Å². The second-order valence-electron chi connectivity index (χ2n) is 6.89. The number of Topliss-reactive ketones (excluding diaryl/α,β-unsaturated/α-hetero) is 2. The number of hydrogen-bond acceptors (Lipinski definition) is 8. The molecule has 3 unspecified atom stereocenters. The van der Waals surface area contributed by atoms with Gasteiger partial charge in [-0.05, 0) is 48.5 Å². The van der Waals surface area contributed by atoms with E-state index in [0.717, 1.165) is 13.8 Å². The molecule has 8 nitrogen and oxygen atoms in total. The van der Waals surface area contributed by atoms with E-state index in [1.165, 1.54) is 20.8 Å². The van der Waals surface area contributed by atoms with Crippen LogP contribution >= 0.6 is 0 Å². The first-order chi connectivity index (χ1) is 13.9. The van der Waals surface area contributed by atoms with E-state index in [2.05, 4.69) is 4.74 Å². The largest absolute Gasteiger partial charge is 0.463 e. The molecular formula is C19H32F4O8Y. The molecule has 0 rings (SSSR count). The summed E-state index contributed by atoms with van der Waals surface area (Å²) in [4.78, 5) is 43.1. The van der Waals surface area contributed by atoms with Crippen LogP contribution in [0.4, 0.5) is 17.6 Å². The van der Waals surface area contributed by atoms with Crippen LogP contribution in [0.25, 0.3) is 0 Å². The van der Waals surface area contributed by atoms with Crippen molar-refractivity contribution >= 4 is 23.5 Å². The van der Waals surface area contributed by atoms with Gasteiger partial charge in [-0.15, -0.1) is 0 Å². The molecule has 0 saturated heterocycles. The van der Waals surface area contributed by atoms with Crippen molar-refractivity contribution in [2.45, 2.75) is 92.2 Å². The van der Waals surface area contributed by atoms with Crippen molar-refractivity contribution in [1.82, 2.24) is 0 Å². The Morgan fingerprint density at radius 1 is 0.781 bits per heavy atom. The van der Waals surface area contributed by atoms with E-state index >= 15 is 0 Å². The predicted molar refractivity (Wildman–Crippen MR) is 102 cm³/mol. The van der Waals surface area contributed by atoms with Gasteiger partial charge in [0.05, 0.1) is 12.2 Å². The van der Waals surface area contributed by atoms with Gasteiger partial charge in [0.15, 0.2) is 0 Å². The second-order valence-corrected chi connectivity index (χ2v) is 6.89. The number of halogens is 4. The Balaban J connectivity index is -0.000000199. The van der Waals surface area contributed by atoms with Gasteiger partial charge >= 0.3 is 11.9 Å². The Hall–Kier alpha value is -0.976. The average molecular weight is 553 g/mol. The fraction of sp³-hybridized carbons (Fsp3) is 0.789. The number of ketones is 2. The molecule has 0 aromatic carbocycles. The van der Waals surface area contributed by atoms with Crippen LogP contribution in [-0.2, 0) is 61.4 Å². The zero-order valence-electron chi connectivity index (χ0n) is 19.2. The van der Waals surface area contributed by atoms with Crippen molar-refractivity contribution in [1.29, 1.82) is 0 Å². The molecule has 0 heterocycles. The molecule has 13 heteroatoms. The van der Waals surface area contributed by atoms with Gasteiger partial charge in [-0.25, -0.2) is 17.6 Å². The summed E-state index contributed by atoms with van der Waals surface area (Å²) >= 11 is 0. The summed E-state index contributed by atoms with van der Waals surface area (Å²) in [6.45, 7) is 9.90. The number of aliphatic hydroxyl groups is 2. The average Bonchev–Trinajstić information content (AvgIpc) is 2.52. The Labute approximate surface area is 210 Å². The summed E-state index contributed by atoms with van der Waals surface area (Å²) in [5.74, 6) is -4.38. The standard InChI is InChI=1S/C9H14F2O4.C7H12O3.C3H6F2O.Y/c1-4(2)15-9(14)6(5(3)12)7(13)8(10)11;1-5(2)10-7(9)4-6(3)8;1-2(6)3(4)5;/h4,6-8,13H,1-3H3;5H,4H2,1-3H3;2-3,6H,1H3;. The molecule has 0 fully saturated rings. The van der Waals surface area contributed by atoms with E-state index < -0.39 is 54.8 Å². The molecule has 187 valence electrons. The minimum Gasteiger partial charge on any atom is -0.463 e. The van der Waals surface area contributed by atoms with Gasteiger partial charge in [0, 0.05) is 32.7 Å². The summed E-state index contributed by atoms with van der Waals surface area (Å²) < 4.78 is 55.4. The molecule has 1 radical (unpaired) electrons. The first-order valence-electron chi connectivity index (χ1n) is 9.26. The Morgan fingerprint density at radius 2 is 1.16 bits per heavy atom. The van der Waals surface area contributed by atoms with Crippen LogP contribution < -0.4 is 0 Å². The van der Waals surface area contributed by atoms with Gasteiger partial charge in [0.25, 0.3) is 12.9 Å². The van der Waals surface area contributed by atoms with Crippen LogP contribution in [-0.4, -0.2) is 71.0 Å². The van der Waals surface area contributed by atoms with Crippen molar-refractivity contribution < 1.29 is 89.1 Å². The maximum atomic E-state index is 12.1. The molecule has 0 aromatic rings. The third-order valence-electron chi connectivity index (χ3n) is 2.77. The number of carbonyl (C=O) groups excluding carboxylic acids is 4. The van der Waals surface area contributed by atoms with Crippen LogP contribution in [0.5, 0.6) is 0 Å². The van der Waals surface area contributed by atoms with Crippen molar-refractivity contribution in [2.24, 2.45) is 5.92 Å². The van der Waals surface area contributed by atoms with Gasteiger partial charge in [-0.3, -0.25) is 19.2 Å². The number of carbonyl (C=O) groups is 4.